The molecule has 0 aliphatic heterocycles. The molecule has 1 aromatic heterocycles. The van der Waals surface area contributed by atoms with Crippen LogP contribution in [0.2, 0.25) is 0 Å². The van der Waals surface area contributed by atoms with Crippen molar-refractivity contribution in [1.82, 2.24) is 10.6 Å². The molecule has 1 heterocycles. The standard InChI is InChI=1S/C19H17N3O4/c1-12-17(18(22-26-12)13-6-4-3-5-7-13)19(24)21-20-11-14-8-9-15(25-2)10-16(14)23/h3-11,23H,1-2H3,(H,21,24)/b20-11+. The van der Waals surface area contributed by atoms with E-state index in [4.69, 9.17) is 9.26 Å². The van der Waals surface area contributed by atoms with Gasteiger partial charge in [-0.25, -0.2) is 5.43 Å². The van der Waals surface area contributed by atoms with Crippen LogP contribution in [0.5, 0.6) is 11.5 Å². The topological polar surface area (TPSA) is 97.0 Å². The highest BCUT2D eigenvalue weighted by Gasteiger charge is 2.21. The number of hydrogen-bond donors (Lipinski definition) is 2. The fourth-order valence-corrected chi connectivity index (χ4v) is 2.41. The number of methoxy groups -OCH3 is 1. The molecular weight excluding hydrogens is 334 g/mol. The van der Waals surface area contributed by atoms with Crippen LogP contribution < -0.4 is 10.2 Å². The van der Waals surface area contributed by atoms with Crippen molar-refractivity contribution in [3.05, 3.63) is 65.4 Å². The second-order valence-corrected chi connectivity index (χ2v) is 5.45. The fourth-order valence-electron chi connectivity index (χ4n) is 2.41. The monoisotopic (exact) mass is 351 g/mol. The third-order valence-electron chi connectivity index (χ3n) is 3.74. The van der Waals surface area contributed by atoms with Crippen LogP contribution in [0, 0.1) is 6.92 Å². The maximum atomic E-state index is 12.5. The number of benzene rings is 2. The molecule has 3 aromatic rings. The summed E-state index contributed by atoms with van der Waals surface area (Å²) in [5.74, 6) is 0.459. The van der Waals surface area contributed by atoms with Gasteiger partial charge < -0.3 is 14.4 Å². The van der Waals surface area contributed by atoms with Gasteiger partial charge >= 0.3 is 0 Å². The Hall–Kier alpha value is -3.61. The highest BCUT2D eigenvalue weighted by atomic mass is 16.5. The maximum Gasteiger partial charge on any atom is 0.277 e. The van der Waals surface area contributed by atoms with E-state index < -0.39 is 5.91 Å². The predicted octanol–water partition coefficient (Wildman–Crippen LogP) is 3.13. The van der Waals surface area contributed by atoms with Gasteiger partial charge in [0.1, 0.15) is 28.5 Å². The summed E-state index contributed by atoms with van der Waals surface area (Å²) in [7, 11) is 1.51. The predicted molar refractivity (Wildman–Crippen MR) is 96.4 cm³/mol. The second kappa shape index (κ2) is 7.52. The first-order valence-electron chi connectivity index (χ1n) is 7.82. The van der Waals surface area contributed by atoms with E-state index in [0.717, 1.165) is 5.56 Å². The molecule has 3 rings (SSSR count). The van der Waals surface area contributed by atoms with Gasteiger partial charge in [0.25, 0.3) is 5.91 Å². The third kappa shape index (κ3) is 3.56. The van der Waals surface area contributed by atoms with Gasteiger partial charge in [-0.15, -0.1) is 0 Å². The first-order valence-corrected chi connectivity index (χ1v) is 7.82. The molecule has 7 heteroatoms. The molecule has 0 unspecified atom stereocenters. The molecular formula is C19H17N3O4. The van der Waals surface area contributed by atoms with Gasteiger partial charge in [0, 0.05) is 17.2 Å². The number of nitrogens with zero attached hydrogens (tertiary/aromatic N) is 2. The fraction of sp³-hybridized carbons (Fsp3) is 0.105. The number of rotatable bonds is 5. The molecule has 1 amide bonds. The van der Waals surface area contributed by atoms with E-state index in [1.54, 1.807) is 19.1 Å². The minimum Gasteiger partial charge on any atom is -0.507 e. The molecule has 26 heavy (non-hydrogen) atoms. The van der Waals surface area contributed by atoms with Gasteiger partial charge in [-0.05, 0) is 19.1 Å². The van der Waals surface area contributed by atoms with Crippen LogP contribution in [0.3, 0.4) is 0 Å². The lowest BCUT2D eigenvalue weighted by atomic mass is 10.1. The number of phenols is 1. The number of phenolic OH excluding ortho intramolecular Hbond substituents is 1. The van der Waals surface area contributed by atoms with Gasteiger partial charge in [-0.2, -0.15) is 5.10 Å². The Bertz CT molecular complexity index is 949. The van der Waals surface area contributed by atoms with Crippen LogP contribution in [-0.2, 0) is 0 Å². The summed E-state index contributed by atoms with van der Waals surface area (Å²) in [6.07, 6.45) is 1.34. The van der Waals surface area contributed by atoms with Crippen LogP contribution in [0.25, 0.3) is 11.3 Å². The molecule has 2 aromatic carbocycles. The van der Waals surface area contributed by atoms with Crippen molar-refractivity contribution in [2.75, 3.05) is 7.11 Å². The number of carbonyl (C=O) groups excluding carboxylic acids is 1. The van der Waals surface area contributed by atoms with Crippen molar-refractivity contribution >= 4 is 12.1 Å². The molecule has 7 nitrogen and oxygen atoms in total. The van der Waals surface area contributed by atoms with Crippen LogP contribution >= 0.6 is 0 Å². The molecule has 0 fully saturated rings. The molecule has 0 bridgehead atoms. The lowest BCUT2D eigenvalue weighted by molar-refractivity contribution is 0.0954. The highest BCUT2D eigenvalue weighted by molar-refractivity contribution is 6.01. The lowest BCUT2D eigenvalue weighted by Gasteiger charge is -2.03. The summed E-state index contributed by atoms with van der Waals surface area (Å²) in [5, 5.41) is 17.8. The first-order chi connectivity index (χ1) is 12.6. The van der Waals surface area contributed by atoms with Crippen molar-refractivity contribution in [2.24, 2.45) is 5.10 Å². The smallest absolute Gasteiger partial charge is 0.277 e. The van der Waals surface area contributed by atoms with Crippen LogP contribution in [0.4, 0.5) is 0 Å². The van der Waals surface area contributed by atoms with E-state index in [0.29, 0.717) is 28.3 Å². The van der Waals surface area contributed by atoms with Crippen molar-refractivity contribution in [3.63, 3.8) is 0 Å². The summed E-state index contributed by atoms with van der Waals surface area (Å²) in [5.41, 5.74) is 4.40. The first kappa shape index (κ1) is 17.2. The van der Waals surface area contributed by atoms with E-state index in [9.17, 15) is 9.90 Å². The van der Waals surface area contributed by atoms with Crippen molar-refractivity contribution in [1.29, 1.82) is 0 Å². The number of amides is 1. The summed E-state index contributed by atoms with van der Waals surface area (Å²) in [6.45, 7) is 1.66. The van der Waals surface area contributed by atoms with Crippen LogP contribution in [0.1, 0.15) is 21.7 Å². The third-order valence-corrected chi connectivity index (χ3v) is 3.74. The van der Waals surface area contributed by atoms with E-state index in [-0.39, 0.29) is 5.75 Å². The molecule has 2 N–H and O–H groups in total. The number of carbonyl (C=O) groups is 1. The average Bonchev–Trinajstić information content (AvgIpc) is 3.05. The largest absolute Gasteiger partial charge is 0.507 e. The Labute approximate surface area is 149 Å². The Balaban J connectivity index is 1.78. The van der Waals surface area contributed by atoms with Gasteiger partial charge in [0.2, 0.25) is 0 Å². The molecule has 0 aliphatic rings. The Morgan fingerprint density at radius 2 is 2.04 bits per heavy atom. The zero-order valence-electron chi connectivity index (χ0n) is 14.3. The number of ether oxygens (including phenoxy) is 1. The van der Waals surface area contributed by atoms with E-state index in [1.807, 2.05) is 30.3 Å². The normalized spacial score (nSPS) is 10.8. The molecule has 0 radical (unpaired) electrons. The van der Waals surface area contributed by atoms with Crippen LogP contribution in [0.15, 0.2) is 58.2 Å². The van der Waals surface area contributed by atoms with E-state index >= 15 is 0 Å². The second-order valence-electron chi connectivity index (χ2n) is 5.45. The zero-order valence-corrected chi connectivity index (χ0v) is 14.3. The Morgan fingerprint density at radius 3 is 2.73 bits per heavy atom. The van der Waals surface area contributed by atoms with Crippen molar-refractivity contribution in [2.45, 2.75) is 6.92 Å². The minimum absolute atomic E-state index is 0.00604. The molecule has 0 aliphatic carbocycles. The molecule has 132 valence electrons. The number of nitrogens with one attached hydrogen (secondary N) is 1. The Morgan fingerprint density at radius 1 is 1.27 bits per heavy atom. The quantitative estimate of drug-likeness (QED) is 0.544. The van der Waals surface area contributed by atoms with Crippen molar-refractivity contribution < 1.29 is 19.2 Å². The van der Waals surface area contributed by atoms with Gasteiger partial charge in [-0.3, -0.25) is 4.79 Å². The molecule has 0 spiro atoms. The lowest BCUT2D eigenvalue weighted by Crippen LogP contribution is -2.18. The number of aryl methyl sites for hydroxylation is 1. The maximum absolute atomic E-state index is 12.5. The van der Waals surface area contributed by atoms with Gasteiger partial charge in [-0.1, -0.05) is 35.5 Å². The number of hydrogen-bond acceptors (Lipinski definition) is 6. The molecule has 0 saturated carbocycles. The number of aromatic nitrogens is 1. The summed E-state index contributed by atoms with van der Waals surface area (Å²) in [4.78, 5) is 12.5. The summed E-state index contributed by atoms with van der Waals surface area (Å²) in [6, 6.07) is 14.0. The summed E-state index contributed by atoms with van der Waals surface area (Å²) >= 11 is 0. The minimum atomic E-state index is -0.452. The SMILES string of the molecule is COc1ccc(/C=N/NC(=O)c2c(-c3ccccc3)noc2C)c(O)c1. The van der Waals surface area contributed by atoms with E-state index in [1.165, 1.54) is 19.4 Å². The molecule has 0 atom stereocenters. The summed E-state index contributed by atoms with van der Waals surface area (Å²) < 4.78 is 10.2. The van der Waals surface area contributed by atoms with Gasteiger partial charge in [0.05, 0.1) is 13.3 Å². The van der Waals surface area contributed by atoms with Crippen molar-refractivity contribution in [3.8, 4) is 22.8 Å². The zero-order chi connectivity index (χ0) is 18.5. The number of hydrazone groups is 1. The van der Waals surface area contributed by atoms with Gasteiger partial charge in [0.15, 0.2) is 0 Å². The highest BCUT2D eigenvalue weighted by Crippen LogP contribution is 2.25. The van der Waals surface area contributed by atoms with E-state index in [2.05, 4.69) is 15.7 Å². The molecule has 0 saturated heterocycles. The Kier molecular flexibility index (Phi) is 4.98. The number of aromatic hydroxyl groups is 1. The average molecular weight is 351 g/mol. The van der Waals surface area contributed by atoms with Crippen LogP contribution in [-0.4, -0.2) is 29.5 Å².